The first-order valence-corrected chi connectivity index (χ1v) is 7.12. The molecule has 1 aliphatic carbocycles. The molecule has 0 spiro atoms. The molecule has 0 saturated heterocycles. The number of aliphatic carboxylic acids is 1. The number of hydrogen-bond acceptors (Lipinski definition) is 4. The maximum absolute atomic E-state index is 12.3. The van der Waals surface area contributed by atoms with Crippen LogP contribution in [0.5, 0.6) is 0 Å². The Hall–Kier alpha value is -2.17. The molecule has 5 nitrogen and oxygen atoms in total. The fraction of sp³-hybridized carbons (Fsp3) is 0.438. The van der Waals surface area contributed by atoms with Gasteiger partial charge in [0.25, 0.3) is 0 Å². The number of carbonyl (C=O) groups excluding carboxylic acids is 3. The van der Waals surface area contributed by atoms with Crippen molar-refractivity contribution < 1.29 is 19.5 Å². The van der Waals surface area contributed by atoms with Crippen molar-refractivity contribution >= 4 is 23.3 Å². The molecule has 0 bridgehead atoms. The van der Waals surface area contributed by atoms with E-state index in [0.29, 0.717) is 24.1 Å². The van der Waals surface area contributed by atoms with Crippen molar-refractivity contribution in [2.24, 2.45) is 11.8 Å². The van der Waals surface area contributed by atoms with Crippen LogP contribution in [0.25, 0.3) is 0 Å². The lowest BCUT2D eigenvalue weighted by molar-refractivity contribution is -0.313. The van der Waals surface area contributed by atoms with Gasteiger partial charge in [-0.1, -0.05) is 25.0 Å². The zero-order valence-corrected chi connectivity index (χ0v) is 11.9. The average Bonchev–Trinajstić information content (AvgIpc) is 2.47. The Balaban J connectivity index is 2.11. The minimum Gasteiger partial charge on any atom is -0.550 e. The largest absolute Gasteiger partial charge is 0.550 e. The fourth-order valence-corrected chi connectivity index (χ4v) is 2.78. The normalized spacial score (nSPS) is 21.6. The van der Waals surface area contributed by atoms with Crippen LogP contribution in [0.3, 0.4) is 0 Å². The van der Waals surface area contributed by atoms with Gasteiger partial charge < -0.3 is 15.2 Å². The Bertz CT molecular complexity index is 567. The lowest BCUT2D eigenvalue weighted by Crippen LogP contribution is -2.42. The highest BCUT2D eigenvalue weighted by Gasteiger charge is 2.31. The Kier molecular flexibility index (Phi) is 4.73. The molecular weight excluding hydrogens is 270 g/mol. The molecule has 0 aliphatic heterocycles. The van der Waals surface area contributed by atoms with E-state index in [4.69, 9.17) is 0 Å². The van der Waals surface area contributed by atoms with Gasteiger partial charge >= 0.3 is 0 Å². The third kappa shape index (κ3) is 3.68. The molecule has 0 heterocycles. The molecule has 1 aromatic carbocycles. The fourth-order valence-electron chi connectivity index (χ4n) is 2.78. The van der Waals surface area contributed by atoms with Crippen LogP contribution in [0.15, 0.2) is 24.3 Å². The topological polar surface area (TPSA) is 86.3 Å². The highest BCUT2D eigenvalue weighted by atomic mass is 16.4. The van der Waals surface area contributed by atoms with Crippen LogP contribution in [-0.4, -0.2) is 17.7 Å². The number of hydrogen-bond donors (Lipinski definition) is 1. The first-order valence-electron chi connectivity index (χ1n) is 7.12. The molecular formula is C16H18NO4-. The van der Waals surface area contributed by atoms with Crippen LogP contribution in [-0.2, 0) is 9.59 Å². The maximum Gasteiger partial charge on any atom is 0.228 e. The molecule has 0 aromatic heterocycles. The average molecular weight is 288 g/mol. The van der Waals surface area contributed by atoms with Gasteiger partial charge in [0.05, 0.1) is 0 Å². The van der Waals surface area contributed by atoms with E-state index >= 15 is 0 Å². The number of amides is 1. The van der Waals surface area contributed by atoms with Gasteiger partial charge in [-0.15, -0.1) is 0 Å². The van der Waals surface area contributed by atoms with Crippen LogP contribution >= 0.6 is 0 Å². The maximum atomic E-state index is 12.3. The highest BCUT2D eigenvalue weighted by Crippen LogP contribution is 2.30. The van der Waals surface area contributed by atoms with Gasteiger partial charge in [-0.25, -0.2) is 0 Å². The van der Waals surface area contributed by atoms with Crippen molar-refractivity contribution in [1.29, 1.82) is 0 Å². The van der Waals surface area contributed by atoms with Crippen molar-refractivity contribution in [3.63, 3.8) is 0 Å². The highest BCUT2D eigenvalue weighted by molar-refractivity contribution is 5.98. The van der Waals surface area contributed by atoms with Crippen molar-refractivity contribution in [3.8, 4) is 0 Å². The zero-order valence-electron chi connectivity index (χ0n) is 11.9. The summed E-state index contributed by atoms with van der Waals surface area (Å²) in [6, 6.07) is 6.63. The van der Waals surface area contributed by atoms with Gasteiger partial charge in [-0.3, -0.25) is 9.59 Å². The van der Waals surface area contributed by atoms with Gasteiger partial charge in [0, 0.05) is 29.1 Å². The third-order valence-electron chi connectivity index (χ3n) is 3.94. The molecule has 1 aromatic rings. The lowest BCUT2D eigenvalue weighted by Gasteiger charge is -2.31. The summed E-state index contributed by atoms with van der Waals surface area (Å²) in [5, 5.41) is 13.8. The monoisotopic (exact) mass is 288 g/mol. The molecule has 2 unspecified atom stereocenters. The Labute approximate surface area is 123 Å². The second-order valence-electron chi connectivity index (χ2n) is 5.44. The predicted molar refractivity (Wildman–Crippen MR) is 75.5 cm³/mol. The number of carboxylic acid groups (broad SMARTS) is 1. The Morgan fingerprint density at radius 3 is 2.43 bits per heavy atom. The number of Topliss-reactive ketones (excluding diaryl/α,β-unsaturated/α-hetero) is 1. The van der Waals surface area contributed by atoms with Gasteiger partial charge in [-0.2, -0.15) is 0 Å². The van der Waals surface area contributed by atoms with Crippen LogP contribution in [0.1, 0.15) is 43.0 Å². The van der Waals surface area contributed by atoms with E-state index in [2.05, 4.69) is 5.32 Å². The summed E-state index contributed by atoms with van der Waals surface area (Å²) in [5.41, 5.74) is 1.02. The summed E-state index contributed by atoms with van der Waals surface area (Å²) in [6.45, 7) is 1.45. The number of benzene rings is 1. The molecule has 1 amide bonds. The third-order valence-corrected chi connectivity index (χ3v) is 3.94. The molecule has 21 heavy (non-hydrogen) atoms. The summed E-state index contributed by atoms with van der Waals surface area (Å²) in [7, 11) is 0. The van der Waals surface area contributed by atoms with Crippen molar-refractivity contribution in [2.75, 3.05) is 5.32 Å². The van der Waals surface area contributed by atoms with E-state index in [-0.39, 0.29) is 11.7 Å². The van der Waals surface area contributed by atoms with Crippen LogP contribution in [0.4, 0.5) is 5.69 Å². The van der Waals surface area contributed by atoms with Gasteiger partial charge in [0.1, 0.15) is 0 Å². The van der Waals surface area contributed by atoms with Crippen LogP contribution < -0.4 is 10.4 Å². The first-order chi connectivity index (χ1) is 9.99. The van der Waals surface area contributed by atoms with E-state index < -0.39 is 17.8 Å². The summed E-state index contributed by atoms with van der Waals surface area (Å²) in [4.78, 5) is 34.7. The minimum atomic E-state index is -1.16. The number of carboxylic acids is 1. The van der Waals surface area contributed by atoms with E-state index in [9.17, 15) is 19.5 Å². The molecule has 1 saturated carbocycles. The lowest BCUT2D eigenvalue weighted by atomic mass is 9.78. The van der Waals surface area contributed by atoms with E-state index in [1.165, 1.54) is 6.92 Å². The van der Waals surface area contributed by atoms with E-state index in [0.717, 1.165) is 12.8 Å². The summed E-state index contributed by atoms with van der Waals surface area (Å²) >= 11 is 0. The van der Waals surface area contributed by atoms with Gasteiger partial charge in [0.2, 0.25) is 5.91 Å². The van der Waals surface area contributed by atoms with E-state index in [1.807, 2.05) is 0 Å². The Morgan fingerprint density at radius 2 is 1.81 bits per heavy atom. The second-order valence-corrected chi connectivity index (χ2v) is 5.44. The van der Waals surface area contributed by atoms with Crippen molar-refractivity contribution in [1.82, 2.24) is 0 Å². The molecule has 112 valence electrons. The number of carbonyl (C=O) groups is 3. The van der Waals surface area contributed by atoms with E-state index in [1.54, 1.807) is 24.3 Å². The molecule has 2 atom stereocenters. The van der Waals surface area contributed by atoms with Crippen LogP contribution in [0, 0.1) is 11.8 Å². The first kappa shape index (κ1) is 15.2. The molecule has 1 fully saturated rings. The molecule has 1 aliphatic rings. The number of ketones is 1. The quantitative estimate of drug-likeness (QED) is 0.848. The number of nitrogens with one attached hydrogen (secondary N) is 1. The molecule has 5 heteroatoms. The smallest absolute Gasteiger partial charge is 0.228 e. The number of anilines is 1. The van der Waals surface area contributed by atoms with Crippen molar-refractivity contribution in [3.05, 3.63) is 29.8 Å². The minimum absolute atomic E-state index is 0.0867. The standard InChI is InChI=1S/C16H19NO4/c1-10(18)11-5-4-6-12(9-11)17-15(19)13-7-2-3-8-14(13)16(20)21/h4-6,9,13-14H,2-3,7-8H2,1H3,(H,17,19)(H,20,21)/p-1. The predicted octanol–water partition coefficient (Wildman–Crippen LogP) is 1.38. The van der Waals surface area contributed by atoms with Gasteiger partial charge in [-0.05, 0) is 31.9 Å². The second kappa shape index (κ2) is 6.52. The van der Waals surface area contributed by atoms with Crippen molar-refractivity contribution in [2.45, 2.75) is 32.6 Å². The summed E-state index contributed by atoms with van der Waals surface area (Å²) < 4.78 is 0. The van der Waals surface area contributed by atoms with Gasteiger partial charge in [0.15, 0.2) is 5.78 Å². The zero-order chi connectivity index (χ0) is 15.4. The molecule has 1 N–H and O–H groups in total. The van der Waals surface area contributed by atoms with Crippen LogP contribution in [0.2, 0.25) is 0 Å². The SMILES string of the molecule is CC(=O)c1cccc(NC(=O)C2CCCCC2C(=O)[O-])c1. The Morgan fingerprint density at radius 1 is 1.14 bits per heavy atom. The number of rotatable bonds is 4. The summed E-state index contributed by atoms with van der Waals surface area (Å²) in [6.07, 6.45) is 2.68. The molecule has 0 radical (unpaired) electrons. The summed E-state index contributed by atoms with van der Waals surface area (Å²) in [5.74, 6) is -2.85. The molecule has 2 rings (SSSR count).